The number of aromatic nitrogens is 1. The largest absolute Gasteiger partial charge is 0.377 e. The molecule has 1 saturated carbocycles. The summed E-state index contributed by atoms with van der Waals surface area (Å²) in [5.41, 5.74) is 1.64. The van der Waals surface area contributed by atoms with Crippen LogP contribution >= 0.6 is 0 Å². The number of amides is 2. The van der Waals surface area contributed by atoms with Crippen LogP contribution in [0.3, 0.4) is 0 Å². The number of nitrogens with zero attached hydrogens (tertiary/aromatic N) is 1. The maximum Gasteiger partial charge on any atom is 0.315 e. The lowest BCUT2D eigenvalue weighted by Gasteiger charge is -2.54. The van der Waals surface area contributed by atoms with Gasteiger partial charge in [0.25, 0.3) is 0 Å². The predicted octanol–water partition coefficient (Wildman–Crippen LogP) is 2.95. The van der Waals surface area contributed by atoms with E-state index < -0.39 is 0 Å². The van der Waals surface area contributed by atoms with Crippen molar-refractivity contribution in [1.29, 1.82) is 0 Å². The normalized spacial score (nSPS) is 26.6. The molecule has 0 radical (unpaired) electrons. The molecular weight excluding hydrogens is 318 g/mol. The van der Waals surface area contributed by atoms with Crippen LogP contribution in [-0.4, -0.2) is 29.9 Å². The summed E-state index contributed by atoms with van der Waals surface area (Å²) in [5.74, 6) is 1.13. The number of carbonyl (C=O) groups is 1. The van der Waals surface area contributed by atoms with Gasteiger partial charge in [-0.3, -0.25) is 0 Å². The molecule has 1 saturated heterocycles. The van der Waals surface area contributed by atoms with Gasteiger partial charge in [-0.05, 0) is 6.42 Å². The number of ether oxygens (including phenoxy) is 1. The second kappa shape index (κ2) is 6.19. The Morgan fingerprint density at radius 3 is 2.92 bits per heavy atom. The van der Waals surface area contributed by atoms with Crippen molar-refractivity contribution in [2.45, 2.75) is 39.0 Å². The molecule has 6 heteroatoms. The van der Waals surface area contributed by atoms with Gasteiger partial charge < -0.3 is 19.9 Å². The molecule has 2 N–H and O–H groups in total. The van der Waals surface area contributed by atoms with Gasteiger partial charge >= 0.3 is 6.03 Å². The van der Waals surface area contributed by atoms with Crippen LogP contribution in [0.1, 0.15) is 26.0 Å². The Bertz CT molecular complexity index is 756. The highest BCUT2D eigenvalue weighted by Gasteiger charge is 2.59. The van der Waals surface area contributed by atoms with E-state index in [2.05, 4.69) is 29.6 Å². The first-order chi connectivity index (χ1) is 12.1. The summed E-state index contributed by atoms with van der Waals surface area (Å²) in [6.45, 7) is 5.42. The van der Waals surface area contributed by atoms with Crippen LogP contribution in [-0.2, 0) is 11.3 Å². The third kappa shape index (κ3) is 2.91. The number of fused-ring (bicyclic) bond motifs is 1. The highest BCUT2D eigenvalue weighted by atomic mass is 16.5. The zero-order valence-electron chi connectivity index (χ0n) is 14.5. The van der Waals surface area contributed by atoms with Gasteiger partial charge in [0.05, 0.1) is 12.6 Å². The summed E-state index contributed by atoms with van der Waals surface area (Å²) in [7, 11) is 0. The molecule has 1 aliphatic heterocycles. The molecule has 0 spiro atoms. The summed E-state index contributed by atoms with van der Waals surface area (Å²) in [6.07, 6.45) is 1.28. The Balaban J connectivity index is 1.32. The second-order valence-electron chi connectivity index (χ2n) is 7.42. The fraction of sp³-hybridized carbons (Fsp3) is 0.474. The van der Waals surface area contributed by atoms with E-state index in [1.807, 2.05) is 36.4 Å². The van der Waals surface area contributed by atoms with Crippen molar-refractivity contribution in [3.8, 4) is 11.3 Å². The van der Waals surface area contributed by atoms with Gasteiger partial charge in [-0.25, -0.2) is 4.79 Å². The molecule has 2 fully saturated rings. The van der Waals surface area contributed by atoms with E-state index >= 15 is 0 Å². The highest BCUT2D eigenvalue weighted by molar-refractivity contribution is 5.74. The number of hydrogen-bond acceptors (Lipinski definition) is 4. The van der Waals surface area contributed by atoms with E-state index in [1.54, 1.807) is 0 Å². The Hall–Kier alpha value is -2.34. The Morgan fingerprint density at radius 1 is 1.32 bits per heavy atom. The molecule has 3 unspecified atom stereocenters. The zero-order chi connectivity index (χ0) is 17.4. The standard InChI is InChI=1S/C19H23N3O3/c1-19(2)16(14-8-9-24-17(14)19)21-18(23)20-11-13-10-15(25-22-13)12-6-4-3-5-7-12/h3-7,10,14,16-17H,8-9,11H2,1-2H3,(H2,20,21,23). The van der Waals surface area contributed by atoms with E-state index in [-0.39, 0.29) is 23.6 Å². The minimum atomic E-state index is -0.173. The number of carbonyl (C=O) groups excluding carboxylic acids is 1. The average molecular weight is 341 g/mol. The van der Waals surface area contributed by atoms with Crippen LogP contribution in [0.2, 0.25) is 0 Å². The molecule has 2 heterocycles. The first kappa shape index (κ1) is 16.1. The first-order valence-corrected chi connectivity index (χ1v) is 8.72. The molecule has 1 aromatic heterocycles. The number of benzene rings is 1. The third-order valence-electron chi connectivity index (χ3n) is 5.43. The molecule has 4 rings (SSSR count). The molecule has 25 heavy (non-hydrogen) atoms. The number of hydrogen-bond donors (Lipinski definition) is 2. The lowest BCUT2D eigenvalue weighted by Crippen LogP contribution is -2.67. The van der Waals surface area contributed by atoms with Gasteiger partial charge in [-0.1, -0.05) is 49.3 Å². The molecule has 0 bridgehead atoms. The summed E-state index contributed by atoms with van der Waals surface area (Å²) < 4.78 is 11.1. The van der Waals surface area contributed by atoms with Crippen molar-refractivity contribution in [2.24, 2.45) is 11.3 Å². The third-order valence-corrected chi connectivity index (χ3v) is 5.43. The topological polar surface area (TPSA) is 76.4 Å². The molecule has 1 aliphatic carbocycles. The SMILES string of the molecule is CC1(C)C(NC(=O)NCc2cc(-c3ccccc3)on2)C2CCOC21. The van der Waals surface area contributed by atoms with Crippen LogP contribution in [0.25, 0.3) is 11.3 Å². The lowest BCUT2D eigenvalue weighted by atomic mass is 9.57. The lowest BCUT2D eigenvalue weighted by molar-refractivity contribution is -0.108. The molecule has 132 valence electrons. The van der Waals surface area contributed by atoms with Crippen LogP contribution in [0.5, 0.6) is 0 Å². The number of urea groups is 1. The van der Waals surface area contributed by atoms with Gasteiger partial charge in [0.2, 0.25) is 0 Å². The summed E-state index contributed by atoms with van der Waals surface area (Å²) >= 11 is 0. The maximum absolute atomic E-state index is 12.3. The van der Waals surface area contributed by atoms with Crippen molar-refractivity contribution in [3.63, 3.8) is 0 Å². The van der Waals surface area contributed by atoms with Crippen molar-refractivity contribution < 1.29 is 14.1 Å². The molecule has 2 amide bonds. The molecule has 1 aromatic carbocycles. The van der Waals surface area contributed by atoms with E-state index in [1.165, 1.54) is 0 Å². The highest BCUT2D eigenvalue weighted by Crippen LogP contribution is 2.52. The van der Waals surface area contributed by atoms with Crippen LogP contribution in [0.15, 0.2) is 40.9 Å². The first-order valence-electron chi connectivity index (χ1n) is 8.72. The quantitative estimate of drug-likeness (QED) is 0.896. The van der Waals surface area contributed by atoms with Crippen LogP contribution in [0, 0.1) is 11.3 Å². The minimum absolute atomic E-state index is 0.0210. The van der Waals surface area contributed by atoms with Gasteiger partial charge in [0, 0.05) is 35.6 Å². The van der Waals surface area contributed by atoms with Crippen LogP contribution in [0.4, 0.5) is 4.79 Å². The van der Waals surface area contributed by atoms with Gasteiger partial charge in [-0.2, -0.15) is 0 Å². The van der Waals surface area contributed by atoms with Crippen molar-refractivity contribution >= 4 is 6.03 Å². The molecular formula is C19H23N3O3. The van der Waals surface area contributed by atoms with E-state index in [0.717, 1.165) is 18.6 Å². The van der Waals surface area contributed by atoms with E-state index in [0.29, 0.717) is 23.9 Å². The molecule has 2 aromatic rings. The van der Waals surface area contributed by atoms with Gasteiger partial charge in [0.15, 0.2) is 5.76 Å². The molecule has 2 aliphatic rings. The fourth-order valence-corrected chi connectivity index (χ4v) is 4.11. The van der Waals surface area contributed by atoms with E-state index in [4.69, 9.17) is 9.26 Å². The Labute approximate surface area is 146 Å². The Kier molecular flexibility index (Phi) is 4.00. The summed E-state index contributed by atoms with van der Waals surface area (Å²) in [4.78, 5) is 12.3. The summed E-state index contributed by atoms with van der Waals surface area (Å²) in [6, 6.07) is 11.6. The average Bonchev–Trinajstić information content (AvgIpc) is 3.27. The van der Waals surface area contributed by atoms with Crippen molar-refractivity contribution in [3.05, 3.63) is 42.1 Å². The van der Waals surface area contributed by atoms with Gasteiger partial charge in [-0.15, -0.1) is 0 Å². The molecule has 3 atom stereocenters. The fourth-order valence-electron chi connectivity index (χ4n) is 4.11. The van der Waals surface area contributed by atoms with Gasteiger partial charge in [0.1, 0.15) is 5.69 Å². The monoisotopic (exact) mass is 341 g/mol. The number of nitrogens with one attached hydrogen (secondary N) is 2. The smallest absolute Gasteiger partial charge is 0.315 e. The van der Waals surface area contributed by atoms with Crippen molar-refractivity contribution in [1.82, 2.24) is 15.8 Å². The van der Waals surface area contributed by atoms with Crippen molar-refractivity contribution in [2.75, 3.05) is 6.61 Å². The van der Waals surface area contributed by atoms with E-state index in [9.17, 15) is 4.79 Å². The van der Waals surface area contributed by atoms with Crippen LogP contribution < -0.4 is 10.6 Å². The molecule has 6 nitrogen and oxygen atoms in total. The predicted molar refractivity (Wildman–Crippen MR) is 92.7 cm³/mol. The number of rotatable bonds is 4. The Morgan fingerprint density at radius 2 is 2.12 bits per heavy atom. The minimum Gasteiger partial charge on any atom is -0.377 e. The maximum atomic E-state index is 12.3. The summed E-state index contributed by atoms with van der Waals surface area (Å²) in [5, 5.41) is 9.99. The second-order valence-corrected chi connectivity index (χ2v) is 7.42. The zero-order valence-corrected chi connectivity index (χ0v) is 14.5.